The van der Waals surface area contributed by atoms with Crippen LogP contribution in [0.5, 0.6) is 0 Å². The second-order valence-corrected chi connectivity index (χ2v) is 5.05. The number of rotatable bonds is 5. The van der Waals surface area contributed by atoms with Crippen molar-refractivity contribution in [2.75, 3.05) is 7.05 Å². The third kappa shape index (κ3) is 2.91. The van der Waals surface area contributed by atoms with Crippen molar-refractivity contribution in [3.8, 4) is 0 Å². The average Bonchev–Trinajstić information content (AvgIpc) is 2.74. The van der Waals surface area contributed by atoms with Crippen LogP contribution in [-0.4, -0.2) is 21.8 Å². The topological polar surface area (TPSA) is 62.7 Å². The van der Waals surface area contributed by atoms with Gasteiger partial charge in [-0.2, -0.15) is 0 Å². The lowest BCUT2D eigenvalue weighted by molar-refractivity contribution is 0.534. The number of nitrogens with zero attached hydrogens (tertiary/aromatic N) is 2. The van der Waals surface area contributed by atoms with Crippen LogP contribution < -0.4 is 11.0 Å². The lowest BCUT2D eigenvalue weighted by atomic mass is 10.2. The molecular formula is C12H14F2N4OS. The van der Waals surface area contributed by atoms with Gasteiger partial charge < -0.3 is 5.32 Å². The Bertz CT molecular complexity index is 645. The Labute approximate surface area is 118 Å². The van der Waals surface area contributed by atoms with Gasteiger partial charge in [0.05, 0.1) is 4.90 Å². The molecule has 0 atom stereocenters. The predicted octanol–water partition coefficient (Wildman–Crippen LogP) is 1.74. The standard InChI is InChI=1S/C12H14F2N4OS/c1-3-18-11(19)16-17-12(18)20-10-8(13)4-7(6-15-2)5-9(10)14/h4-5,15H,3,6H2,1-2H3,(H,16,19). The maximum absolute atomic E-state index is 13.9. The molecule has 1 aromatic heterocycles. The summed E-state index contributed by atoms with van der Waals surface area (Å²) in [5.74, 6) is -1.34. The molecule has 0 aliphatic rings. The number of aromatic nitrogens is 3. The molecule has 0 amide bonds. The van der Waals surface area contributed by atoms with Crippen LogP contribution in [0.4, 0.5) is 8.78 Å². The first-order chi connectivity index (χ1) is 9.56. The van der Waals surface area contributed by atoms with E-state index in [1.807, 2.05) is 0 Å². The minimum Gasteiger partial charge on any atom is -0.316 e. The number of hydrogen-bond donors (Lipinski definition) is 2. The van der Waals surface area contributed by atoms with Gasteiger partial charge in [-0.25, -0.2) is 18.7 Å². The van der Waals surface area contributed by atoms with E-state index in [2.05, 4.69) is 15.5 Å². The second kappa shape index (κ2) is 6.19. The molecule has 0 unspecified atom stereocenters. The fourth-order valence-electron chi connectivity index (χ4n) is 1.77. The van der Waals surface area contributed by atoms with Crippen molar-refractivity contribution < 1.29 is 8.78 Å². The highest BCUT2D eigenvalue weighted by Crippen LogP contribution is 2.31. The van der Waals surface area contributed by atoms with Crippen molar-refractivity contribution in [1.29, 1.82) is 0 Å². The Morgan fingerprint density at radius 3 is 2.60 bits per heavy atom. The summed E-state index contributed by atoms with van der Waals surface area (Å²) in [7, 11) is 1.70. The molecule has 2 aromatic rings. The maximum Gasteiger partial charge on any atom is 0.343 e. The summed E-state index contributed by atoms with van der Waals surface area (Å²) in [6, 6.07) is 2.53. The van der Waals surface area contributed by atoms with Crippen molar-refractivity contribution in [2.45, 2.75) is 30.1 Å². The van der Waals surface area contributed by atoms with Crippen molar-refractivity contribution in [1.82, 2.24) is 20.1 Å². The Morgan fingerprint density at radius 1 is 1.40 bits per heavy atom. The van der Waals surface area contributed by atoms with Crippen LogP contribution in [0.15, 0.2) is 27.0 Å². The number of aromatic amines is 1. The number of H-pyrrole nitrogens is 1. The zero-order valence-corrected chi connectivity index (χ0v) is 11.9. The van der Waals surface area contributed by atoms with Crippen molar-refractivity contribution in [3.05, 3.63) is 39.8 Å². The minimum absolute atomic E-state index is 0.168. The zero-order chi connectivity index (χ0) is 14.7. The minimum atomic E-state index is -0.668. The van der Waals surface area contributed by atoms with Gasteiger partial charge in [-0.15, -0.1) is 5.10 Å². The fourth-order valence-corrected chi connectivity index (χ4v) is 2.68. The fraction of sp³-hybridized carbons (Fsp3) is 0.333. The molecule has 1 heterocycles. The SMILES string of the molecule is CCn1c(Sc2c(F)cc(CNC)cc2F)n[nH]c1=O. The first-order valence-electron chi connectivity index (χ1n) is 6.02. The highest BCUT2D eigenvalue weighted by atomic mass is 32.2. The molecule has 0 aliphatic carbocycles. The lowest BCUT2D eigenvalue weighted by Crippen LogP contribution is -2.16. The van der Waals surface area contributed by atoms with Crippen molar-refractivity contribution >= 4 is 11.8 Å². The first kappa shape index (κ1) is 14.7. The molecule has 0 fully saturated rings. The molecule has 0 aliphatic heterocycles. The van der Waals surface area contributed by atoms with Crippen LogP contribution in [-0.2, 0) is 13.1 Å². The first-order valence-corrected chi connectivity index (χ1v) is 6.84. The van der Waals surface area contributed by atoms with E-state index in [1.165, 1.54) is 16.7 Å². The van der Waals surface area contributed by atoms with Gasteiger partial charge in [-0.05, 0) is 43.4 Å². The molecule has 0 saturated heterocycles. The largest absolute Gasteiger partial charge is 0.343 e. The number of benzene rings is 1. The van der Waals surface area contributed by atoms with E-state index < -0.39 is 17.3 Å². The van der Waals surface area contributed by atoms with Crippen LogP contribution in [0, 0.1) is 11.6 Å². The summed E-state index contributed by atoms with van der Waals surface area (Å²) in [6.07, 6.45) is 0. The van der Waals surface area contributed by atoms with Gasteiger partial charge in [0, 0.05) is 13.1 Å². The molecule has 0 spiro atoms. The van der Waals surface area contributed by atoms with Crippen molar-refractivity contribution in [2.24, 2.45) is 0 Å². The van der Waals surface area contributed by atoms with Gasteiger partial charge in [0.15, 0.2) is 5.16 Å². The Hall–Kier alpha value is -1.67. The molecule has 8 heteroatoms. The normalized spacial score (nSPS) is 11.0. The van der Waals surface area contributed by atoms with Crippen molar-refractivity contribution in [3.63, 3.8) is 0 Å². The summed E-state index contributed by atoms with van der Waals surface area (Å²) in [6.45, 7) is 2.50. The van der Waals surface area contributed by atoms with E-state index in [0.29, 0.717) is 18.7 Å². The van der Waals surface area contributed by atoms with Gasteiger partial charge >= 0.3 is 5.69 Å². The number of nitrogens with one attached hydrogen (secondary N) is 2. The quantitative estimate of drug-likeness (QED) is 0.883. The van der Waals surface area contributed by atoms with Crippen LogP contribution in [0.2, 0.25) is 0 Å². The smallest absolute Gasteiger partial charge is 0.316 e. The van der Waals surface area contributed by atoms with Crippen LogP contribution in [0.25, 0.3) is 0 Å². The van der Waals surface area contributed by atoms with E-state index >= 15 is 0 Å². The van der Waals surface area contributed by atoms with Gasteiger partial charge in [-0.3, -0.25) is 4.57 Å². The summed E-state index contributed by atoms with van der Waals surface area (Å²) in [5, 5.41) is 9.09. The van der Waals surface area contributed by atoms with E-state index in [1.54, 1.807) is 14.0 Å². The van der Waals surface area contributed by atoms with Crippen LogP contribution in [0.1, 0.15) is 12.5 Å². The summed E-state index contributed by atoms with van der Waals surface area (Å²) >= 11 is 0.790. The highest BCUT2D eigenvalue weighted by molar-refractivity contribution is 7.99. The second-order valence-electron chi connectivity index (χ2n) is 4.08. The lowest BCUT2D eigenvalue weighted by Gasteiger charge is -2.07. The molecule has 1 aromatic carbocycles. The summed E-state index contributed by atoms with van der Waals surface area (Å²) in [5.41, 5.74) is 0.115. The molecule has 20 heavy (non-hydrogen) atoms. The monoisotopic (exact) mass is 300 g/mol. The molecule has 0 bridgehead atoms. The molecule has 0 saturated carbocycles. The number of hydrogen-bond acceptors (Lipinski definition) is 4. The maximum atomic E-state index is 13.9. The molecule has 108 valence electrons. The highest BCUT2D eigenvalue weighted by Gasteiger charge is 2.16. The Kier molecular flexibility index (Phi) is 4.56. The average molecular weight is 300 g/mol. The molecular weight excluding hydrogens is 286 g/mol. The van der Waals surface area contributed by atoms with E-state index in [0.717, 1.165) is 11.8 Å². The van der Waals surface area contributed by atoms with Crippen LogP contribution in [0.3, 0.4) is 0 Å². The van der Waals surface area contributed by atoms with E-state index in [-0.39, 0.29) is 10.1 Å². The van der Waals surface area contributed by atoms with E-state index in [4.69, 9.17) is 0 Å². The molecule has 2 rings (SSSR count). The van der Waals surface area contributed by atoms with Gasteiger partial charge in [0.2, 0.25) is 0 Å². The third-order valence-corrected chi connectivity index (χ3v) is 3.76. The molecule has 0 radical (unpaired) electrons. The summed E-state index contributed by atoms with van der Waals surface area (Å²) in [4.78, 5) is 11.2. The Morgan fingerprint density at radius 2 is 2.05 bits per heavy atom. The zero-order valence-electron chi connectivity index (χ0n) is 11.0. The Balaban J connectivity index is 2.36. The third-order valence-electron chi connectivity index (χ3n) is 2.67. The van der Waals surface area contributed by atoms with Gasteiger partial charge in [0.1, 0.15) is 11.6 Å². The van der Waals surface area contributed by atoms with Gasteiger partial charge in [0.25, 0.3) is 0 Å². The predicted molar refractivity (Wildman–Crippen MR) is 71.8 cm³/mol. The molecule has 5 nitrogen and oxygen atoms in total. The van der Waals surface area contributed by atoms with E-state index in [9.17, 15) is 13.6 Å². The van der Waals surface area contributed by atoms with Crippen LogP contribution >= 0.6 is 11.8 Å². The summed E-state index contributed by atoms with van der Waals surface area (Å²) < 4.78 is 29.2. The number of halogens is 2. The molecule has 2 N–H and O–H groups in total. The van der Waals surface area contributed by atoms with Gasteiger partial charge in [-0.1, -0.05) is 0 Å².